The highest BCUT2D eigenvalue weighted by Gasteiger charge is 2.18. The van der Waals surface area contributed by atoms with Crippen LogP contribution in [0.4, 0.5) is 4.39 Å². The van der Waals surface area contributed by atoms with Crippen molar-refractivity contribution >= 4 is 10.9 Å². The van der Waals surface area contributed by atoms with Gasteiger partial charge in [-0.3, -0.25) is 0 Å². The average Bonchev–Trinajstić information content (AvgIpc) is 2.79. The SMILES string of the molecule is COc1ccc(CNCc2cc3cccc(C)c3nc2-c2c(F)cccc2OC)cc1. The quantitative estimate of drug-likeness (QED) is 0.422. The van der Waals surface area contributed by atoms with E-state index in [9.17, 15) is 4.39 Å². The molecule has 0 spiro atoms. The Morgan fingerprint density at radius 1 is 0.903 bits per heavy atom. The van der Waals surface area contributed by atoms with Gasteiger partial charge in [0.15, 0.2) is 0 Å². The van der Waals surface area contributed by atoms with Gasteiger partial charge in [0, 0.05) is 18.5 Å². The Balaban J connectivity index is 1.72. The van der Waals surface area contributed by atoms with Crippen LogP contribution in [-0.2, 0) is 13.1 Å². The maximum absolute atomic E-state index is 14.9. The second kappa shape index (κ2) is 9.14. The van der Waals surface area contributed by atoms with Crippen molar-refractivity contribution in [3.63, 3.8) is 0 Å². The predicted molar refractivity (Wildman–Crippen MR) is 122 cm³/mol. The molecule has 1 heterocycles. The van der Waals surface area contributed by atoms with E-state index >= 15 is 0 Å². The standard InChI is InChI=1S/C26H25FN2O2/c1-17-6-4-7-19-14-20(16-28-15-18-10-12-21(30-2)13-11-18)26(29-25(17)19)24-22(27)8-5-9-23(24)31-3/h4-14,28H,15-16H2,1-3H3. The fourth-order valence-electron chi connectivity index (χ4n) is 3.73. The molecule has 5 heteroatoms. The van der Waals surface area contributed by atoms with Gasteiger partial charge >= 0.3 is 0 Å². The van der Waals surface area contributed by atoms with E-state index in [0.29, 0.717) is 30.1 Å². The van der Waals surface area contributed by atoms with Gasteiger partial charge in [0.25, 0.3) is 0 Å². The molecule has 0 aliphatic carbocycles. The van der Waals surface area contributed by atoms with Crippen LogP contribution in [0.5, 0.6) is 11.5 Å². The summed E-state index contributed by atoms with van der Waals surface area (Å²) in [6, 6.07) is 20.9. The molecular weight excluding hydrogens is 391 g/mol. The number of ether oxygens (including phenoxy) is 2. The maximum Gasteiger partial charge on any atom is 0.136 e. The van der Waals surface area contributed by atoms with Crippen molar-refractivity contribution in [3.05, 3.63) is 89.2 Å². The van der Waals surface area contributed by atoms with Crippen LogP contribution in [0.2, 0.25) is 0 Å². The normalized spacial score (nSPS) is 11.0. The summed E-state index contributed by atoms with van der Waals surface area (Å²) in [5, 5.41) is 4.49. The maximum atomic E-state index is 14.9. The minimum atomic E-state index is -0.351. The molecule has 3 aromatic carbocycles. The van der Waals surface area contributed by atoms with E-state index in [1.807, 2.05) is 49.4 Å². The summed E-state index contributed by atoms with van der Waals surface area (Å²) in [5.74, 6) is 0.944. The number of hydrogen-bond acceptors (Lipinski definition) is 4. The molecule has 0 radical (unpaired) electrons. The number of benzene rings is 3. The van der Waals surface area contributed by atoms with Gasteiger partial charge in [-0.1, -0.05) is 36.4 Å². The van der Waals surface area contributed by atoms with Gasteiger partial charge in [-0.05, 0) is 53.9 Å². The van der Waals surface area contributed by atoms with Crippen molar-refractivity contribution in [3.8, 4) is 22.8 Å². The van der Waals surface area contributed by atoms with E-state index in [4.69, 9.17) is 14.5 Å². The molecule has 1 aromatic heterocycles. The molecule has 0 saturated heterocycles. The summed E-state index contributed by atoms with van der Waals surface area (Å²) < 4.78 is 25.6. The highest BCUT2D eigenvalue weighted by Crippen LogP contribution is 2.35. The second-order valence-corrected chi connectivity index (χ2v) is 7.41. The number of nitrogens with one attached hydrogen (secondary N) is 1. The van der Waals surface area contributed by atoms with Crippen LogP contribution in [0.25, 0.3) is 22.2 Å². The highest BCUT2D eigenvalue weighted by atomic mass is 19.1. The van der Waals surface area contributed by atoms with E-state index in [2.05, 4.69) is 11.4 Å². The van der Waals surface area contributed by atoms with Crippen LogP contribution in [0.15, 0.2) is 66.7 Å². The van der Waals surface area contributed by atoms with Crippen LogP contribution in [0.3, 0.4) is 0 Å². The van der Waals surface area contributed by atoms with E-state index < -0.39 is 0 Å². The summed E-state index contributed by atoms with van der Waals surface area (Å²) in [4.78, 5) is 4.89. The molecule has 0 amide bonds. The molecule has 4 rings (SSSR count). The molecule has 0 fully saturated rings. The number of methoxy groups -OCH3 is 2. The summed E-state index contributed by atoms with van der Waals surface area (Å²) >= 11 is 0. The zero-order valence-corrected chi connectivity index (χ0v) is 17.9. The number of fused-ring (bicyclic) bond motifs is 1. The fraction of sp³-hybridized carbons (Fsp3) is 0.192. The number of hydrogen-bond donors (Lipinski definition) is 1. The van der Waals surface area contributed by atoms with Gasteiger partial charge in [-0.2, -0.15) is 0 Å². The molecule has 0 atom stereocenters. The van der Waals surface area contributed by atoms with Crippen molar-refractivity contribution in [1.29, 1.82) is 0 Å². The van der Waals surface area contributed by atoms with Gasteiger partial charge in [-0.25, -0.2) is 9.37 Å². The lowest BCUT2D eigenvalue weighted by Gasteiger charge is -2.16. The van der Waals surface area contributed by atoms with E-state index in [-0.39, 0.29) is 5.82 Å². The number of para-hydroxylation sites is 1. The van der Waals surface area contributed by atoms with Crippen LogP contribution < -0.4 is 14.8 Å². The Morgan fingerprint density at radius 2 is 1.68 bits per heavy atom. The number of rotatable bonds is 7. The van der Waals surface area contributed by atoms with Crippen molar-refractivity contribution in [2.75, 3.05) is 14.2 Å². The van der Waals surface area contributed by atoms with Gasteiger partial charge < -0.3 is 14.8 Å². The van der Waals surface area contributed by atoms with Crippen molar-refractivity contribution in [2.45, 2.75) is 20.0 Å². The topological polar surface area (TPSA) is 43.4 Å². The van der Waals surface area contributed by atoms with Crippen LogP contribution in [-0.4, -0.2) is 19.2 Å². The van der Waals surface area contributed by atoms with Crippen LogP contribution in [0.1, 0.15) is 16.7 Å². The van der Waals surface area contributed by atoms with E-state index in [1.165, 1.54) is 6.07 Å². The number of aryl methyl sites for hydroxylation is 1. The zero-order valence-electron chi connectivity index (χ0n) is 17.9. The minimum Gasteiger partial charge on any atom is -0.497 e. The molecule has 1 N–H and O–H groups in total. The summed E-state index contributed by atoms with van der Waals surface area (Å²) in [7, 11) is 3.20. The molecule has 0 aliphatic rings. The van der Waals surface area contributed by atoms with Crippen LogP contribution >= 0.6 is 0 Å². The number of aromatic nitrogens is 1. The first-order valence-electron chi connectivity index (χ1n) is 10.2. The molecule has 0 unspecified atom stereocenters. The molecule has 4 nitrogen and oxygen atoms in total. The molecule has 31 heavy (non-hydrogen) atoms. The highest BCUT2D eigenvalue weighted by molar-refractivity contribution is 5.86. The molecule has 0 aliphatic heterocycles. The zero-order chi connectivity index (χ0) is 21.8. The lowest BCUT2D eigenvalue weighted by Crippen LogP contribution is -2.14. The number of halogens is 1. The van der Waals surface area contributed by atoms with Gasteiger partial charge in [0.1, 0.15) is 17.3 Å². The Hall–Kier alpha value is -3.44. The van der Waals surface area contributed by atoms with E-state index in [0.717, 1.165) is 33.3 Å². The molecule has 0 bridgehead atoms. The third-order valence-electron chi connectivity index (χ3n) is 5.36. The first-order valence-corrected chi connectivity index (χ1v) is 10.2. The van der Waals surface area contributed by atoms with Crippen LogP contribution in [0, 0.1) is 12.7 Å². The smallest absolute Gasteiger partial charge is 0.136 e. The van der Waals surface area contributed by atoms with Gasteiger partial charge in [0.05, 0.1) is 31.0 Å². The molecule has 4 aromatic rings. The monoisotopic (exact) mass is 416 g/mol. The van der Waals surface area contributed by atoms with Gasteiger partial charge in [-0.15, -0.1) is 0 Å². The Kier molecular flexibility index (Phi) is 6.14. The Bertz CT molecular complexity index is 1210. The molecule has 158 valence electrons. The first-order chi connectivity index (χ1) is 15.1. The molecular formula is C26H25FN2O2. The molecule has 0 saturated carbocycles. The van der Waals surface area contributed by atoms with E-state index in [1.54, 1.807) is 26.4 Å². The average molecular weight is 416 g/mol. The van der Waals surface area contributed by atoms with Crippen molar-refractivity contribution < 1.29 is 13.9 Å². The first kappa shape index (κ1) is 20.8. The minimum absolute atomic E-state index is 0.351. The fourth-order valence-corrected chi connectivity index (χ4v) is 3.73. The third kappa shape index (κ3) is 4.37. The van der Waals surface area contributed by atoms with Crippen molar-refractivity contribution in [2.24, 2.45) is 0 Å². The summed E-state index contributed by atoms with van der Waals surface area (Å²) in [6.07, 6.45) is 0. The number of nitrogens with zero attached hydrogens (tertiary/aromatic N) is 1. The predicted octanol–water partition coefficient (Wildman–Crippen LogP) is 5.66. The van der Waals surface area contributed by atoms with Gasteiger partial charge in [0.2, 0.25) is 0 Å². The Morgan fingerprint density at radius 3 is 2.42 bits per heavy atom. The largest absolute Gasteiger partial charge is 0.497 e. The second-order valence-electron chi connectivity index (χ2n) is 7.41. The summed E-state index contributed by atoms with van der Waals surface area (Å²) in [6.45, 7) is 3.22. The Labute approximate surface area is 181 Å². The third-order valence-corrected chi connectivity index (χ3v) is 5.36. The summed E-state index contributed by atoms with van der Waals surface area (Å²) in [5.41, 5.74) is 4.94. The van der Waals surface area contributed by atoms with Crippen molar-refractivity contribution in [1.82, 2.24) is 10.3 Å². The lowest BCUT2D eigenvalue weighted by atomic mass is 10.0. The number of pyridine rings is 1. The lowest BCUT2D eigenvalue weighted by molar-refractivity contribution is 0.413.